The Hall–Kier alpha value is -3.79. The molecule has 0 atom stereocenters. The molecule has 0 spiro atoms. The van der Waals surface area contributed by atoms with Crippen LogP contribution in [0.4, 0.5) is 22.1 Å². The maximum atomic E-state index is 13.2. The van der Waals surface area contributed by atoms with Crippen LogP contribution in [0.3, 0.4) is 0 Å². The molecule has 9 nitrogen and oxygen atoms in total. The average molecular weight is 467 g/mol. The van der Waals surface area contributed by atoms with Crippen molar-refractivity contribution in [2.45, 2.75) is 6.92 Å². The van der Waals surface area contributed by atoms with Gasteiger partial charge in [0.25, 0.3) is 5.88 Å². The quantitative estimate of drug-likeness (QED) is 0.430. The second-order valence-electron chi connectivity index (χ2n) is 6.13. The zero-order valence-electron chi connectivity index (χ0n) is 15.7. The number of hydrogen-bond acceptors (Lipinski definition) is 6. The minimum Gasteiger partial charge on any atom is -0.388 e. The molecule has 2 aromatic carbocycles. The van der Waals surface area contributed by atoms with Gasteiger partial charge >= 0.3 is 6.09 Å². The minimum absolute atomic E-state index is 0.0252. The molecule has 0 fully saturated rings. The third kappa shape index (κ3) is 4.13. The van der Waals surface area contributed by atoms with Crippen LogP contribution in [-0.2, 0) is 4.79 Å². The van der Waals surface area contributed by atoms with Gasteiger partial charge in [-0.2, -0.15) is 9.97 Å². The van der Waals surface area contributed by atoms with E-state index in [0.717, 1.165) is 0 Å². The van der Waals surface area contributed by atoms with Crippen molar-refractivity contribution in [1.29, 1.82) is 0 Å². The Kier molecular flexibility index (Phi) is 5.40. The molecule has 0 aliphatic heterocycles. The number of ether oxygens (including phenoxy) is 1. The SMILES string of the molecule is CC(=O)Nc1nc(OC(=O)N(c2ccccc2)c2ccccc2)c2[nH]c(Br)nc2n1. The number of aromatic nitrogens is 4. The smallest absolute Gasteiger partial charge is 0.388 e. The zero-order valence-corrected chi connectivity index (χ0v) is 17.3. The molecule has 0 bridgehead atoms. The third-order valence-electron chi connectivity index (χ3n) is 3.97. The van der Waals surface area contributed by atoms with Crippen molar-refractivity contribution in [2.24, 2.45) is 0 Å². The lowest BCUT2D eigenvalue weighted by molar-refractivity contribution is -0.114. The van der Waals surface area contributed by atoms with Gasteiger partial charge in [0.2, 0.25) is 11.9 Å². The molecule has 4 rings (SSSR count). The number of halogens is 1. The van der Waals surface area contributed by atoms with E-state index in [1.165, 1.54) is 11.8 Å². The molecule has 0 saturated heterocycles. The topological polar surface area (TPSA) is 113 Å². The van der Waals surface area contributed by atoms with Gasteiger partial charge in [-0.3, -0.25) is 10.1 Å². The molecule has 0 aliphatic carbocycles. The lowest BCUT2D eigenvalue weighted by Gasteiger charge is -2.22. The van der Waals surface area contributed by atoms with Crippen molar-refractivity contribution >= 4 is 56.4 Å². The molecule has 2 N–H and O–H groups in total. The lowest BCUT2D eigenvalue weighted by Crippen LogP contribution is -2.29. The Balaban J connectivity index is 1.75. The number of anilines is 3. The summed E-state index contributed by atoms with van der Waals surface area (Å²) < 4.78 is 6.01. The average Bonchev–Trinajstić information content (AvgIpc) is 3.10. The second kappa shape index (κ2) is 8.29. The van der Waals surface area contributed by atoms with Crippen molar-refractivity contribution in [3.05, 3.63) is 65.4 Å². The highest BCUT2D eigenvalue weighted by atomic mass is 79.9. The van der Waals surface area contributed by atoms with Crippen LogP contribution in [0.2, 0.25) is 0 Å². The predicted molar refractivity (Wildman–Crippen MR) is 115 cm³/mol. The minimum atomic E-state index is -0.688. The molecule has 2 heterocycles. The van der Waals surface area contributed by atoms with Crippen LogP contribution in [0.5, 0.6) is 5.88 Å². The Bertz CT molecular complexity index is 1170. The van der Waals surface area contributed by atoms with Gasteiger partial charge < -0.3 is 9.72 Å². The standard InChI is InChI=1S/C20H15BrN6O3/c1-12(28)22-19-25-16-15(23-18(21)24-16)17(26-19)30-20(29)27(13-8-4-2-5-9-13)14-10-6-3-7-11-14/h2-11H,1H3,(H2,22,23,24,25,26,28). The van der Waals surface area contributed by atoms with Crippen LogP contribution in [0, 0.1) is 0 Å². The van der Waals surface area contributed by atoms with Gasteiger partial charge in [-0.15, -0.1) is 0 Å². The summed E-state index contributed by atoms with van der Waals surface area (Å²) in [6.07, 6.45) is -0.688. The molecule has 0 aliphatic rings. The molecule has 150 valence electrons. The summed E-state index contributed by atoms with van der Waals surface area (Å²) in [6, 6.07) is 18.2. The number of H-pyrrole nitrogens is 1. The fourth-order valence-corrected chi connectivity index (χ4v) is 3.14. The van der Waals surface area contributed by atoms with Gasteiger partial charge in [-0.05, 0) is 40.2 Å². The first-order chi connectivity index (χ1) is 14.5. The first-order valence-electron chi connectivity index (χ1n) is 8.84. The molecule has 10 heteroatoms. The van der Waals surface area contributed by atoms with Crippen molar-refractivity contribution < 1.29 is 14.3 Å². The number of imidazole rings is 1. The van der Waals surface area contributed by atoms with Gasteiger partial charge in [0.1, 0.15) is 5.52 Å². The zero-order chi connectivity index (χ0) is 21.1. The highest BCUT2D eigenvalue weighted by molar-refractivity contribution is 9.10. The number of para-hydroxylation sites is 2. The monoisotopic (exact) mass is 466 g/mol. The van der Waals surface area contributed by atoms with Crippen molar-refractivity contribution in [3.8, 4) is 5.88 Å². The number of hydrogen-bond donors (Lipinski definition) is 2. The van der Waals surface area contributed by atoms with E-state index in [-0.39, 0.29) is 23.4 Å². The summed E-state index contributed by atoms with van der Waals surface area (Å²) in [5, 5.41) is 2.48. The maximum Gasteiger partial charge on any atom is 0.425 e. The van der Waals surface area contributed by atoms with Crippen LogP contribution in [-0.4, -0.2) is 31.9 Å². The highest BCUT2D eigenvalue weighted by Crippen LogP contribution is 2.29. The highest BCUT2D eigenvalue weighted by Gasteiger charge is 2.23. The number of fused-ring (bicyclic) bond motifs is 1. The number of amides is 2. The first-order valence-corrected chi connectivity index (χ1v) is 9.63. The molecule has 0 radical (unpaired) electrons. The number of nitrogens with zero attached hydrogens (tertiary/aromatic N) is 4. The van der Waals surface area contributed by atoms with Gasteiger partial charge in [-0.1, -0.05) is 36.4 Å². The summed E-state index contributed by atoms with van der Waals surface area (Å²) >= 11 is 3.23. The molecule has 0 saturated carbocycles. The molecule has 0 unspecified atom stereocenters. The molecule has 2 amide bonds. The fraction of sp³-hybridized carbons (Fsp3) is 0.0500. The number of nitrogens with one attached hydrogen (secondary N) is 2. The summed E-state index contributed by atoms with van der Waals surface area (Å²) in [4.78, 5) is 41.4. The van der Waals surface area contributed by atoms with Crippen LogP contribution in [0.1, 0.15) is 6.92 Å². The largest absolute Gasteiger partial charge is 0.425 e. The Labute approximate surface area is 179 Å². The van der Waals surface area contributed by atoms with E-state index in [4.69, 9.17) is 4.74 Å². The van der Waals surface area contributed by atoms with Gasteiger partial charge in [0.05, 0.1) is 11.4 Å². The normalized spacial score (nSPS) is 10.6. The Morgan fingerprint density at radius 1 is 0.967 bits per heavy atom. The van der Waals surface area contributed by atoms with Crippen molar-refractivity contribution in [2.75, 3.05) is 10.2 Å². The number of carbonyl (C=O) groups is 2. The number of aromatic amines is 1. The molecular weight excluding hydrogens is 452 g/mol. The van der Waals surface area contributed by atoms with E-state index in [2.05, 4.69) is 41.2 Å². The summed E-state index contributed by atoms with van der Waals surface area (Å²) in [6.45, 7) is 1.33. The van der Waals surface area contributed by atoms with E-state index in [0.29, 0.717) is 21.6 Å². The van der Waals surface area contributed by atoms with Gasteiger partial charge in [-0.25, -0.2) is 14.7 Å². The molecule has 4 aromatic rings. The third-order valence-corrected chi connectivity index (χ3v) is 4.35. The molecule has 2 aromatic heterocycles. The van der Waals surface area contributed by atoms with E-state index in [9.17, 15) is 9.59 Å². The summed E-state index contributed by atoms with van der Waals surface area (Å²) in [7, 11) is 0. The predicted octanol–water partition coefficient (Wildman–Crippen LogP) is 4.41. The van der Waals surface area contributed by atoms with E-state index in [1.807, 2.05) is 36.4 Å². The van der Waals surface area contributed by atoms with Gasteiger partial charge in [0, 0.05) is 6.92 Å². The lowest BCUT2D eigenvalue weighted by atomic mass is 10.2. The van der Waals surface area contributed by atoms with Crippen LogP contribution >= 0.6 is 15.9 Å². The first kappa shape index (κ1) is 19.5. The van der Waals surface area contributed by atoms with Crippen LogP contribution in [0.25, 0.3) is 11.2 Å². The molecular formula is C20H15BrN6O3. The van der Waals surface area contributed by atoms with E-state index >= 15 is 0 Å². The molecule has 30 heavy (non-hydrogen) atoms. The fourth-order valence-electron chi connectivity index (χ4n) is 2.77. The summed E-state index contributed by atoms with van der Waals surface area (Å²) in [5.74, 6) is -0.456. The maximum absolute atomic E-state index is 13.2. The summed E-state index contributed by atoms with van der Waals surface area (Å²) in [5.41, 5.74) is 1.78. The Morgan fingerprint density at radius 2 is 1.57 bits per heavy atom. The van der Waals surface area contributed by atoms with E-state index < -0.39 is 6.09 Å². The van der Waals surface area contributed by atoms with Crippen LogP contribution in [0.15, 0.2) is 65.4 Å². The van der Waals surface area contributed by atoms with Crippen molar-refractivity contribution in [1.82, 2.24) is 19.9 Å². The Morgan fingerprint density at radius 3 is 2.13 bits per heavy atom. The number of benzene rings is 2. The van der Waals surface area contributed by atoms with Gasteiger partial charge in [0.15, 0.2) is 10.4 Å². The van der Waals surface area contributed by atoms with E-state index in [1.54, 1.807) is 24.3 Å². The van der Waals surface area contributed by atoms with Crippen molar-refractivity contribution in [3.63, 3.8) is 0 Å². The second-order valence-corrected chi connectivity index (χ2v) is 6.89. The number of rotatable bonds is 4. The van der Waals surface area contributed by atoms with Crippen LogP contribution < -0.4 is 15.0 Å². The number of carbonyl (C=O) groups excluding carboxylic acids is 2.